The Morgan fingerprint density at radius 2 is 1.94 bits per heavy atom. The lowest BCUT2D eigenvalue weighted by atomic mass is 10.2. The van der Waals surface area contributed by atoms with E-state index in [1.54, 1.807) is 18.3 Å². The molecular weight excluding hydrogens is 214 g/mol. The van der Waals surface area contributed by atoms with Crippen LogP contribution in [0.25, 0.3) is 0 Å². The maximum atomic E-state index is 10.8. The second kappa shape index (κ2) is 3.77. The van der Waals surface area contributed by atoms with Gasteiger partial charge in [0.05, 0.1) is 10.9 Å². The molecule has 0 atom stereocenters. The Balaban J connectivity index is 2.23. The molecule has 2 heterocycles. The highest BCUT2D eigenvalue weighted by molar-refractivity contribution is 6.01. The SMILES string of the molecule is O=C=c1cccc2c1=NC(c1ccccn1)=N2. The fraction of sp³-hybridized carbons (Fsp3) is 0. The lowest BCUT2D eigenvalue weighted by Gasteiger charge is -1.93. The van der Waals surface area contributed by atoms with Crippen LogP contribution in [0.4, 0.5) is 5.69 Å². The third kappa shape index (κ3) is 1.57. The molecule has 0 unspecified atom stereocenters. The number of pyridine rings is 1. The molecule has 0 N–H and O–H groups in total. The third-order valence-corrected chi connectivity index (χ3v) is 2.46. The predicted octanol–water partition coefficient (Wildman–Crippen LogP) is 0.296. The molecular formula is C13H7N3O. The minimum Gasteiger partial charge on any atom is -0.253 e. The zero-order valence-electron chi connectivity index (χ0n) is 8.79. The van der Waals surface area contributed by atoms with Crippen LogP contribution in [0.3, 0.4) is 0 Å². The summed E-state index contributed by atoms with van der Waals surface area (Å²) in [6.45, 7) is 0. The Hall–Kier alpha value is -2.58. The van der Waals surface area contributed by atoms with E-state index >= 15 is 0 Å². The van der Waals surface area contributed by atoms with E-state index < -0.39 is 0 Å². The van der Waals surface area contributed by atoms with Gasteiger partial charge < -0.3 is 0 Å². The van der Waals surface area contributed by atoms with Gasteiger partial charge in [-0.2, -0.15) is 0 Å². The molecule has 80 valence electrons. The Morgan fingerprint density at radius 1 is 1.00 bits per heavy atom. The first kappa shape index (κ1) is 9.63. The number of carbonyl (C=O) groups excluding carboxylic acids is 1. The Morgan fingerprint density at radius 3 is 2.71 bits per heavy atom. The fourth-order valence-electron chi connectivity index (χ4n) is 1.68. The molecule has 3 rings (SSSR count). The minimum absolute atomic E-state index is 0.428. The number of aliphatic imine (C=N–C) groups is 1. The molecule has 0 aliphatic carbocycles. The summed E-state index contributed by atoms with van der Waals surface area (Å²) < 4.78 is 0. The highest BCUT2D eigenvalue weighted by Crippen LogP contribution is 2.11. The van der Waals surface area contributed by atoms with Crippen molar-refractivity contribution < 1.29 is 4.79 Å². The van der Waals surface area contributed by atoms with Crippen LogP contribution < -0.4 is 10.6 Å². The summed E-state index contributed by atoms with van der Waals surface area (Å²) in [5.74, 6) is 2.39. The number of para-hydroxylation sites is 1. The Kier molecular flexibility index (Phi) is 2.14. The normalized spacial score (nSPS) is 12.4. The summed E-state index contributed by atoms with van der Waals surface area (Å²) in [7, 11) is 0. The summed E-state index contributed by atoms with van der Waals surface area (Å²) in [5.41, 5.74) is 1.38. The van der Waals surface area contributed by atoms with E-state index in [0.717, 1.165) is 0 Å². The van der Waals surface area contributed by atoms with Crippen LogP contribution in [-0.4, -0.2) is 16.8 Å². The average molecular weight is 221 g/mol. The predicted molar refractivity (Wildman–Crippen MR) is 62.5 cm³/mol. The lowest BCUT2D eigenvalue weighted by Crippen LogP contribution is -2.25. The van der Waals surface area contributed by atoms with Crippen LogP contribution in [-0.2, 0) is 4.79 Å². The van der Waals surface area contributed by atoms with E-state index in [1.807, 2.05) is 30.2 Å². The molecule has 4 heteroatoms. The first-order valence-electron chi connectivity index (χ1n) is 5.11. The van der Waals surface area contributed by atoms with Crippen molar-refractivity contribution in [2.45, 2.75) is 0 Å². The molecule has 0 saturated heterocycles. The van der Waals surface area contributed by atoms with Crippen LogP contribution in [0.5, 0.6) is 0 Å². The molecule has 1 aliphatic heterocycles. The first-order valence-corrected chi connectivity index (χ1v) is 5.11. The van der Waals surface area contributed by atoms with E-state index in [-0.39, 0.29) is 0 Å². The maximum Gasteiger partial charge on any atom is 0.179 e. The van der Waals surface area contributed by atoms with Gasteiger partial charge in [-0.15, -0.1) is 0 Å². The molecule has 0 saturated carbocycles. The molecule has 2 aromatic rings. The molecule has 0 amide bonds. The second-order valence-electron chi connectivity index (χ2n) is 3.54. The van der Waals surface area contributed by atoms with Gasteiger partial charge in [0.25, 0.3) is 0 Å². The molecule has 1 aliphatic rings. The zero-order chi connectivity index (χ0) is 11.7. The highest BCUT2D eigenvalue weighted by atomic mass is 16.1. The van der Waals surface area contributed by atoms with Gasteiger partial charge in [0.15, 0.2) is 5.84 Å². The van der Waals surface area contributed by atoms with Gasteiger partial charge in [-0.25, -0.2) is 14.8 Å². The van der Waals surface area contributed by atoms with Crippen molar-refractivity contribution in [1.29, 1.82) is 0 Å². The third-order valence-electron chi connectivity index (χ3n) is 2.46. The number of aromatic nitrogens is 1. The van der Waals surface area contributed by atoms with Gasteiger partial charge in [-0.3, -0.25) is 4.98 Å². The molecule has 4 nitrogen and oxygen atoms in total. The monoisotopic (exact) mass is 221 g/mol. The largest absolute Gasteiger partial charge is 0.253 e. The lowest BCUT2D eigenvalue weighted by molar-refractivity contribution is 0.567. The molecule has 0 spiro atoms. The molecule has 0 fully saturated rings. The van der Waals surface area contributed by atoms with Gasteiger partial charge >= 0.3 is 0 Å². The summed E-state index contributed by atoms with van der Waals surface area (Å²) in [4.78, 5) is 23.6. The summed E-state index contributed by atoms with van der Waals surface area (Å²) in [5, 5.41) is 1.00. The molecule has 0 radical (unpaired) electrons. The minimum atomic E-state index is 0.428. The first-order chi connectivity index (χ1) is 8.38. The number of hydrogen-bond acceptors (Lipinski definition) is 4. The van der Waals surface area contributed by atoms with Crippen molar-refractivity contribution in [1.82, 2.24) is 4.98 Å². The van der Waals surface area contributed by atoms with Crippen LogP contribution in [0, 0.1) is 0 Å². The molecule has 1 aromatic heterocycles. The quantitative estimate of drug-likeness (QED) is 0.695. The number of hydrogen-bond donors (Lipinski definition) is 0. The van der Waals surface area contributed by atoms with Gasteiger partial charge in [0.2, 0.25) is 0 Å². The molecule has 17 heavy (non-hydrogen) atoms. The second-order valence-corrected chi connectivity index (χ2v) is 3.54. The number of fused-ring (bicyclic) bond motifs is 1. The van der Waals surface area contributed by atoms with Crippen molar-refractivity contribution in [3.63, 3.8) is 0 Å². The van der Waals surface area contributed by atoms with Gasteiger partial charge in [-0.05, 0) is 24.3 Å². The van der Waals surface area contributed by atoms with E-state index in [4.69, 9.17) is 0 Å². The molecule has 0 bridgehead atoms. The van der Waals surface area contributed by atoms with E-state index in [2.05, 4.69) is 15.0 Å². The van der Waals surface area contributed by atoms with E-state index in [0.29, 0.717) is 27.8 Å². The van der Waals surface area contributed by atoms with Gasteiger partial charge in [0, 0.05) is 6.20 Å². The van der Waals surface area contributed by atoms with Gasteiger partial charge in [0.1, 0.15) is 17.0 Å². The summed E-state index contributed by atoms with van der Waals surface area (Å²) in [6.07, 6.45) is 1.68. The van der Waals surface area contributed by atoms with Gasteiger partial charge in [-0.1, -0.05) is 12.1 Å². The van der Waals surface area contributed by atoms with Crippen LogP contribution in [0.2, 0.25) is 0 Å². The topological polar surface area (TPSA) is 54.7 Å². The van der Waals surface area contributed by atoms with Crippen molar-refractivity contribution in [3.05, 3.63) is 58.9 Å². The van der Waals surface area contributed by atoms with Crippen molar-refractivity contribution in [2.75, 3.05) is 0 Å². The average Bonchev–Trinajstić information content (AvgIpc) is 2.83. The van der Waals surface area contributed by atoms with Crippen molar-refractivity contribution >= 4 is 17.5 Å². The van der Waals surface area contributed by atoms with Crippen LogP contribution in [0.15, 0.2) is 52.6 Å². The van der Waals surface area contributed by atoms with E-state index in [1.165, 1.54) is 0 Å². The van der Waals surface area contributed by atoms with Crippen molar-refractivity contribution in [2.24, 2.45) is 9.98 Å². The molecule has 1 aromatic carbocycles. The number of amidine groups is 1. The Labute approximate surface area is 96.7 Å². The number of nitrogens with zero attached hydrogens (tertiary/aromatic N) is 3. The van der Waals surface area contributed by atoms with Crippen molar-refractivity contribution in [3.8, 4) is 0 Å². The Bertz CT molecular complexity index is 744. The zero-order valence-corrected chi connectivity index (χ0v) is 8.79. The standard InChI is InChI=1S/C13H7N3O/c17-8-9-4-3-6-10-12(9)16-13(15-10)11-5-1-2-7-14-11/h1-7H. The number of benzene rings is 1. The van der Waals surface area contributed by atoms with Crippen LogP contribution in [0.1, 0.15) is 5.69 Å². The highest BCUT2D eigenvalue weighted by Gasteiger charge is 2.11. The summed E-state index contributed by atoms with van der Waals surface area (Å²) in [6, 6.07) is 10.8. The maximum absolute atomic E-state index is 10.8. The van der Waals surface area contributed by atoms with E-state index in [9.17, 15) is 4.79 Å². The van der Waals surface area contributed by atoms with Crippen LogP contribution >= 0.6 is 0 Å². The number of rotatable bonds is 1. The summed E-state index contributed by atoms with van der Waals surface area (Å²) >= 11 is 0. The fourth-order valence-corrected chi connectivity index (χ4v) is 1.68. The smallest absolute Gasteiger partial charge is 0.179 e.